The van der Waals surface area contributed by atoms with Gasteiger partial charge in [-0.1, -0.05) is 12.1 Å². The quantitative estimate of drug-likeness (QED) is 0.478. The first-order valence-electron chi connectivity index (χ1n) is 7.28. The van der Waals surface area contributed by atoms with Crippen LogP contribution in [0.5, 0.6) is 0 Å². The number of alkyl halides is 6. The van der Waals surface area contributed by atoms with Crippen molar-refractivity contribution >= 4 is 16.7 Å². The summed E-state index contributed by atoms with van der Waals surface area (Å²) in [5.41, 5.74) is -4.25. The van der Waals surface area contributed by atoms with Gasteiger partial charge in [0.1, 0.15) is 5.69 Å². The van der Waals surface area contributed by atoms with Crippen molar-refractivity contribution in [3.8, 4) is 0 Å². The molecule has 0 atom stereocenters. The number of hydrogen-bond acceptors (Lipinski definition) is 3. The normalized spacial score (nSPS) is 12.6. The number of ketones is 1. The van der Waals surface area contributed by atoms with Gasteiger partial charge in [-0.2, -0.15) is 26.3 Å². The summed E-state index contributed by atoms with van der Waals surface area (Å²) in [5.74, 6) is -0.731. The Bertz CT molecular complexity index is 783. The van der Waals surface area contributed by atoms with Crippen LogP contribution in [0.1, 0.15) is 40.9 Å². The van der Waals surface area contributed by atoms with Crippen LogP contribution in [0.15, 0.2) is 24.3 Å². The number of nitrogens with zero attached hydrogens (tertiary/aromatic N) is 1. The maximum absolute atomic E-state index is 13.1. The van der Waals surface area contributed by atoms with Gasteiger partial charge in [0.15, 0.2) is 5.78 Å². The Morgan fingerprint density at radius 2 is 1.72 bits per heavy atom. The number of halogens is 6. The second-order valence-corrected chi connectivity index (χ2v) is 5.36. The summed E-state index contributed by atoms with van der Waals surface area (Å²) in [4.78, 5) is 15.3. The SMILES string of the molecule is O=C(CCCCO)c1cc(C(F)(F)F)nc2c(C(F)(F)F)cccc12. The molecule has 0 fully saturated rings. The number of fused-ring (bicyclic) bond motifs is 1. The molecule has 9 heteroatoms. The lowest BCUT2D eigenvalue weighted by Gasteiger charge is -2.15. The molecule has 2 rings (SSSR count). The number of aliphatic hydroxyl groups excluding tert-OH is 1. The van der Waals surface area contributed by atoms with Gasteiger partial charge in [0.05, 0.1) is 11.1 Å². The van der Waals surface area contributed by atoms with E-state index < -0.39 is 40.5 Å². The lowest BCUT2D eigenvalue weighted by atomic mass is 9.98. The molecule has 1 aromatic heterocycles. The van der Waals surface area contributed by atoms with Gasteiger partial charge in [0.25, 0.3) is 0 Å². The molecule has 0 bridgehead atoms. The van der Waals surface area contributed by atoms with E-state index in [2.05, 4.69) is 4.98 Å². The van der Waals surface area contributed by atoms with Gasteiger partial charge < -0.3 is 5.11 Å². The number of benzene rings is 1. The molecule has 0 unspecified atom stereocenters. The van der Waals surface area contributed by atoms with E-state index in [-0.39, 0.29) is 31.3 Å². The number of unbranched alkanes of at least 4 members (excludes halogenated alkanes) is 1. The average Bonchev–Trinajstić information content (AvgIpc) is 2.51. The smallest absolute Gasteiger partial charge is 0.396 e. The molecular formula is C16H13F6NO2. The van der Waals surface area contributed by atoms with E-state index in [1.54, 1.807) is 0 Å². The van der Waals surface area contributed by atoms with Crippen molar-refractivity contribution < 1.29 is 36.2 Å². The van der Waals surface area contributed by atoms with Crippen molar-refractivity contribution in [2.75, 3.05) is 6.61 Å². The van der Waals surface area contributed by atoms with E-state index in [4.69, 9.17) is 5.11 Å². The first-order valence-corrected chi connectivity index (χ1v) is 7.28. The van der Waals surface area contributed by atoms with Gasteiger partial charge in [-0.15, -0.1) is 0 Å². The first kappa shape index (κ1) is 19.2. The minimum atomic E-state index is -4.99. The van der Waals surface area contributed by atoms with Crippen LogP contribution >= 0.6 is 0 Å². The molecule has 136 valence electrons. The minimum Gasteiger partial charge on any atom is -0.396 e. The molecule has 0 aliphatic carbocycles. The van der Waals surface area contributed by atoms with E-state index in [0.717, 1.165) is 12.1 Å². The summed E-state index contributed by atoms with van der Waals surface area (Å²) in [6.07, 6.45) is -9.62. The zero-order valence-corrected chi connectivity index (χ0v) is 12.7. The van der Waals surface area contributed by atoms with Crippen LogP contribution in [0.25, 0.3) is 10.9 Å². The number of pyridine rings is 1. The lowest BCUT2D eigenvalue weighted by Crippen LogP contribution is -2.14. The van der Waals surface area contributed by atoms with Crippen LogP contribution < -0.4 is 0 Å². The van der Waals surface area contributed by atoms with Crippen molar-refractivity contribution in [1.82, 2.24) is 4.98 Å². The van der Waals surface area contributed by atoms with Crippen LogP contribution in [-0.2, 0) is 12.4 Å². The van der Waals surface area contributed by atoms with E-state index >= 15 is 0 Å². The molecule has 25 heavy (non-hydrogen) atoms. The van der Waals surface area contributed by atoms with Gasteiger partial charge in [0, 0.05) is 24.0 Å². The largest absolute Gasteiger partial charge is 0.433 e. The van der Waals surface area contributed by atoms with E-state index in [1.807, 2.05) is 0 Å². The third-order valence-electron chi connectivity index (χ3n) is 3.55. The van der Waals surface area contributed by atoms with E-state index in [9.17, 15) is 31.1 Å². The zero-order chi connectivity index (χ0) is 18.8. The number of hydrogen-bond donors (Lipinski definition) is 1. The standard InChI is InChI=1S/C16H13F6NO2/c17-15(18,19)11-5-3-4-9-10(12(25)6-1-2-7-24)8-13(16(20,21)22)23-14(9)11/h3-5,8,24H,1-2,6-7H2. The molecule has 0 amide bonds. The highest BCUT2D eigenvalue weighted by molar-refractivity contribution is 6.08. The van der Waals surface area contributed by atoms with Gasteiger partial charge >= 0.3 is 12.4 Å². The Hall–Kier alpha value is -2.16. The lowest BCUT2D eigenvalue weighted by molar-refractivity contribution is -0.142. The summed E-state index contributed by atoms with van der Waals surface area (Å²) < 4.78 is 78.3. The number of aromatic nitrogens is 1. The Morgan fingerprint density at radius 1 is 1.04 bits per heavy atom. The summed E-state index contributed by atoms with van der Waals surface area (Å²) in [7, 11) is 0. The monoisotopic (exact) mass is 365 g/mol. The molecule has 2 aromatic rings. The fourth-order valence-corrected chi connectivity index (χ4v) is 2.39. The van der Waals surface area contributed by atoms with E-state index in [0.29, 0.717) is 12.1 Å². The van der Waals surface area contributed by atoms with Crippen molar-refractivity contribution in [3.63, 3.8) is 0 Å². The number of carbonyl (C=O) groups excluding carboxylic acids is 1. The van der Waals surface area contributed by atoms with Crippen molar-refractivity contribution in [1.29, 1.82) is 0 Å². The fraction of sp³-hybridized carbons (Fsp3) is 0.375. The van der Waals surface area contributed by atoms with Gasteiger partial charge in [-0.3, -0.25) is 4.79 Å². The van der Waals surface area contributed by atoms with Gasteiger partial charge in [0.2, 0.25) is 0 Å². The molecular weight excluding hydrogens is 352 g/mol. The van der Waals surface area contributed by atoms with Gasteiger partial charge in [-0.05, 0) is 25.0 Å². The molecule has 0 aliphatic heterocycles. The second kappa shape index (κ2) is 6.99. The van der Waals surface area contributed by atoms with Crippen LogP contribution in [-0.4, -0.2) is 22.5 Å². The number of Topliss-reactive ketones (excluding diaryl/α,β-unsaturated/α-hetero) is 1. The fourth-order valence-electron chi connectivity index (χ4n) is 2.39. The number of aliphatic hydroxyl groups is 1. The number of carbonyl (C=O) groups is 1. The van der Waals surface area contributed by atoms with Crippen LogP contribution in [0.2, 0.25) is 0 Å². The first-order chi connectivity index (χ1) is 11.6. The maximum Gasteiger partial charge on any atom is 0.433 e. The molecule has 0 saturated heterocycles. The Morgan fingerprint density at radius 3 is 2.28 bits per heavy atom. The molecule has 1 aromatic carbocycles. The summed E-state index contributed by atoms with van der Waals surface area (Å²) >= 11 is 0. The van der Waals surface area contributed by atoms with Crippen LogP contribution in [0, 0.1) is 0 Å². The zero-order valence-electron chi connectivity index (χ0n) is 12.7. The minimum absolute atomic E-state index is 0.187. The molecule has 1 N–H and O–H groups in total. The second-order valence-electron chi connectivity index (χ2n) is 5.36. The molecule has 0 aliphatic rings. The third-order valence-corrected chi connectivity index (χ3v) is 3.55. The third kappa shape index (κ3) is 4.28. The highest BCUT2D eigenvalue weighted by atomic mass is 19.4. The van der Waals surface area contributed by atoms with Gasteiger partial charge in [-0.25, -0.2) is 4.98 Å². The maximum atomic E-state index is 13.1. The van der Waals surface area contributed by atoms with Crippen LogP contribution in [0.3, 0.4) is 0 Å². The summed E-state index contributed by atoms with van der Waals surface area (Å²) in [6, 6.07) is 3.25. The molecule has 3 nitrogen and oxygen atoms in total. The summed E-state index contributed by atoms with van der Waals surface area (Å²) in [6.45, 7) is -0.198. The average molecular weight is 365 g/mol. The summed E-state index contributed by atoms with van der Waals surface area (Å²) in [5, 5.41) is 8.42. The predicted molar refractivity (Wildman–Crippen MR) is 77.0 cm³/mol. The number of para-hydroxylation sites is 1. The molecule has 1 heterocycles. The van der Waals surface area contributed by atoms with Crippen LogP contribution in [0.4, 0.5) is 26.3 Å². The Balaban J connectivity index is 2.69. The van der Waals surface area contributed by atoms with E-state index in [1.165, 1.54) is 0 Å². The number of rotatable bonds is 5. The molecule has 0 saturated carbocycles. The Kier molecular flexibility index (Phi) is 5.36. The highest BCUT2D eigenvalue weighted by Crippen LogP contribution is 2.37. The highest BCUT2D eigenvalue weighted by Gasteiger charge is 2.37. The molecule has 0 spiro atoms. The molecule has 0 radical (unpaired) electrons. The van der Waals surface area contributed by atoms with Crippen molar-refractivity contribution in [2.45, 2.75) is 31.6 Å². The Labute approximate surface area is 138 Å². The predicted octanol–water partition coefficient (Wildman–Crippen LogP) is 4.62. The topological polar surface area (TPSA) is 50.2 Å². The van der Waals surface area contributed by atoms with Crippen molar-refractivity contribution in [2.24, 2.45) is 0 Å². The van der Waals surface area contributed by atoms with Crippen molar-refractivity contribution in [3.05, 3.63) is 41.1 Å².